The van der Waals surface area contributed by atoms with Crippen LogP contribution in [0.3, 0.4) is 0 Å². The number of aromatic nitrogens is 4. The SMILES string of the molecule is CN(N)c1cc(CO)cc(Nc2ccc3nnc(C(=O)NC4CCCC4)n3n2)c1N. The van der Waals surface area contributed by atoms with Crippen LogP contribution >= 0.6 is 0 Å². The Labute approximate surface area is 173 Å². The molecule has 1 saturated carbocycles. The Balaban J connectivity index is 1.64. The molecule has 1 amide bonds. The first-order valence-electron chi connectivity index (χ1n) is 9.78. The second-order valence-electron chi connectivity index (χ2n) is 7.44. The van der Waals surface area contributed by atoms with Gasteiger partial charge in [0.05, 0.1) is 23.7 Å². The average molecular weight is 411 g/mol. The molecular weight excluding hydrogens is 386 g/mol. The van der Waals surface area contributed by atoms with E-state index in [0.717, 1.165) is 25.7 Å². The van der Waals surface area contributed by atoms with Gasteiger partial charge in [0, 0.05) is 13.1 Å². The summed E-state index contributed by atoms with van der Waals surface area (Å²) in [5.74, 6) is 6.11. The Bertz CT molecular complexity index is 1070. The lowest BCUT2D eigenvalue weighted by Gasteiger charge is -2.19. The number of rotatable bonds is 6. The molecule has 1 aromatic carbocycles. The monoisotopic (exact) mass is 411 g/mol. The zero-order chi connectivity index (χ0) is 21.3. The van der Waals surface area contributed by atoms with E-state index in [1.54, 1.807) is 31.3 Å². The van der Waals surface area contributed by atoms with Crippen molar-refractivity contribution in [3.05, 3.63) is 35.7 Å². The summed E-state index contributed by atoms with van der Waals surface area (Å²) in [6.45, 7) is -0.167. The molecule has 11 nitrogen and oxygen atoms in total. The van der Waals surface area contributed by atoms with Crippen molar-refractivity contribution in [3.8, 4) is 0 Å². The number of anilines is 4. The van der Waals surface area contributed by atoms with E-state index >= 15 is 0 Å². The minimum atomic E-state index is -0.298. The van der Waals surface area contributed by atoms with Gasteiger partial charge in [0.2, 0.25) is 5.82 Å². The van der Waals surface area contributed by atoms with E-state index in [4.69, 9.17) is 11.6 Å². The van der Waals surface area contributed by atoms with Crippen molar-refractivity contribution in [1.29, 1.82) is 0 Å². The standard InChI is InChI=1S/C19H25N9O2/c1-27(21)14-9-11(10-29)8-13(17(14)20)23-15-6-7-16-24-25-18(28(16)26-15)19(30)22-12-4-2-3-5-12/h6-9,12,29H,2-5,10,20-21H2,1H3,(H,22,30)(H,23,26). The van der Waals surface area contributed by atoms with Crippen molar-refractivity contribution in [2.24, 2.45) is 5.84 Å². The number of hydrogen-bond acceptors (Lipinski definition) is 9. The van der Waals surface area contributed by atoms with Crippen molar-refractivity contribution in [2.75, 3.05) is 23.1 Å². The topological polar surface area (TPSA) is 160 Å². The predicted molar refractivity (Wildman–Crippen MR) is 113 cm³/mol. The highest BCUT2D eigenvalue weighted by molar-refractivity contribution is 5.91. The van der Waals surface area contributed by atoms with E-state index in [9.17, 15) is 9.90 Å². The Morgan fingerprint density at radius 2 is 2.07 bits per heavy atom. The molecule has 4 rings (SSSR count). The van der Waals surface area contributed by atoms with E-state index in [1.165, 1.54) is 9.52 Å². The molecule has 158 valence electrons. The maximum Gasteiger partial charge on any atom is 0.291 e. The van der Waals surface area contributed by atoms with Gasteiger partial charge >= 0.3 is 0 Å². The second-order valence-corrected chi connectivity index (χ2v) is 7.44. The number of benzene rings is 1. The number of nitrogen functional groups attached to an aromatic ring is 1. The van der Waals surface area contributed by atoms with Gasteiger partial charge in [-0.15, -0.1) is 15.3 Å². The molecule has 11 heteroatoms. The third-order valence-corrected chi connectivity index (χ3v) is 5.20. The number of nitrogens with zero attached hydrogens (tertiary/aromatic N) is 5. The first-order chi connectivity index (χ1) is 14.5. The number of aliphatic hydroxyl groups excluding tert-OH is 1. The van der Waals surface area contributed by atoms with Crippen LogP contribution in [0.5, 0.6) is 0 Å². The summed E-state index contributed by atoms with van der Waals surface area (Å²) in [4.78, 5) is 12.6. The van der Waals surface area contributed by atoms with Crippen LogP contribution in [0.4, 0.5) is 22.9 Å². The highest BCUT2D eigenvalue weighted by atomic mass is 16.3. The number of nitrogens with two attached hydrogens (primary N) is 2. The summed E-state index contributed by atoms with van der Waals surface area (Å²) in [7, 11) is 1.66. The van der Waals surface area contributed by atoms with Gasteiger partial charge in [0.25, 0.3) is 5.91 Å². The van der Waals surface area contributed by atoms with Gasteiger partial charge < -0.3 is 26.5 Å². The molecule has 0 spiro atoms. The average Bonchev–Trinajstić information content (AvgIpc) is 3.38. The number of carbonyl (C=O) groups excluding carboxylic acids is 1. The number of hydrogen-bond donors (Lipinski definition) is 5. The molecule has 7 N–H and O–H groups in total. The molecule has 0 bridgehead atoms. The van der Waals surface area contributed by atoms with Gasteiger partial charge in [-0.2, -0.15) is 4.52 Å². The van der Waals surface area contributed by atoms with Crippen LogP contribution in [-0.4, -0.2) is 43.9 Å². The molecule has 0 saturated heterocycles. The molecule has 1 aliphatic rings. The fraction of sp³-hybridized carbons (Fsp3) is 0.368. The lowest BCUT2D eigenvalue weighted by molar-refractivity contribution is 0.0925. The van der Waals surface area contributed by atoms with E-state index in [2.05, 4.69) is 25.9 Å². The normalized spacial score (nSPS) is 14.2. The van der Waals surface area contributed by atoms with Crippen molar-refractivity contribution in [3.63, 3.8) is 0 Å². The largest absolute Gasteiger partial charge is 0.395 e. The number of amides is 1. The first-order valence-corrected chi connectivity index (χ1v) is 9.78. The van der Waals surface area contributed by atoms with Crippen molar-refractivity contribution in [1.82, 2.24) is 25.1 Å². The molecule has 1 aliphatic carbocycles. The van der Waals surface area contributed by atoms with Crippen molar-refractivity contribution in [2.45, 2.75) is 38.3 Å². The van der Waals surface area contributed by atoms with Gasteiger partial charge in [-0.05, 0) is 42.7 Å². The van der Waals surface area contributed by atoms with Gasteiger partial charge in [0.1, 0.15) is 0 Å². The summed E-state index contributed by atoms with van der Waals surface area (Å²) in [6.07, 6.45) is 4.18. The number of aliphatic hydroxyl groups is 1. The van der Waals surface area contributed by atoms with Crippen LogP contribution in [0, 0.1) is 0 Å². The number of hydrazine groups is 1. The quantitative estimate of drug-likeness (QED) is 0.226. The van der Waals surface area contributed by atoms with E-state index in [1.807, 2.05) is 0 Å². The summed E-state index contributed by atoms with van der Waals surface area (Å²) < 4.78 is 1.40. The highest BCUT2D eigenvalue weighted by Gasteiger charge is 2.22. The van der Waals surface area contributed by atoms with Crippen molar-refractivity contribution >= 4 is 34.4 Å². The van der Waals surface area contributed by atoms with Crippen LogP contribution in [0.1, 0.15) is 41.9 Å². The lowest BCUT2D eigenvalue weighted by Crippen LogP contribution is -2.34. The van der Waals surface area contributed by atoms with Crippen LogP contribution in [-0.2, 0) is 6.61 Å². The summed E-state index contributed by atoms with van der Waals surface area (Å²) >= 11 is 0. The molecule has 0 aliphatic heterocycles. The lowest BCUT2D eigenvalue weighted by atomic mass is 10.1. The molecule has 3 aromatic rings. The maximum absolute atomic E-state index is 12.6. The van der Waals surface area contributed by atoms with Gasteiger partial charge in [-0.3, -0.25) is 4.79 Å². The summed E-state index contributed by atoms with van der Waals surface area (Å²) in [5, 5.41) is 29.5. The van der Waals surface area contributed by atoms with E-state index in [0.29, 0.717) is 34.1 Å². The van der Waals surface area contributed by atoms with Crippen LogP contribution in [0.15, 0.2) is 24.3 Å². The number of carbonyl (C=O) groups is 1. The van der Waals surface area contributed by atoms with Crippen LogP contribution < -0.4 is 27.2 Å². The van der Waals surface area contributed by atoms with Crippen LogP contribution in [0.2, 0.25) is 0 Å². The predicted octanol–water partition coefficient (Wildman–Crippen LogP) is 0.925. The number of nitrogens with one attached hydrogen (secondary N) is 2. The van der Waals surface area contributed by atoms with E-state index < -0.39 is 0 Å². The van der Waals surface area contributed by atoms with Gasteiger partial charge in [-0.25, -0.2) is 5.84 Å². The molecule has 2 heterocycles. The fourth-order valence-corrected chi connectivity index (χ4v) is 3.64. The third-order valence-electron chi connectivity index (χ3n) is 5.20. The minimum absolute atomic E-state index is 0.125. The maximum atomic E-state index is 12.6. The third kappa shape index (κ3) is 3.84. The van der Waals surface area contributed by atoms with Crippen molar-refractivity contribution < 1.29 is 9.90 Å². The molecule has 0 radical (unpaired) electrons. The van der Waals surface area contributed by atoms with Crippen LogP contribution in [0.25, 0.3) is 5.65 Å². The van der Waals surface area contributed by atoms with E-state index in [-0.39, 0.29) is 24.4 Å². The number of fused-ring (bicyclic) bond motifs is 1. The Morgan fingerprint density at radius 3 is 2.77 bits per heavy atom. The molecule has 2 aromatic heterocycles. The summed E-state index contributed by atoms with van der Waals surface area (Å²) in [5.41, 5.74) is 8.82. The highest BCUT2D eigenvalue weighted by Crippen LogP contribution is 2.32. The molecule has 0 unspecified atom stereocenters. The van der Waals surface area contributed by atoms with Gasteiger partial charge in [0.15, 0.2) is 11.5 Å². The summed E-state index contributed by atoms with van der Waals surface area (Å²) in [6, 6.07) is 7.01. The first kappa shape index (κ1) is 19.9. The fourth-order valence-electron chi connectivity index (χ4n) is 3.64. The Kier molecular flexibility index (Phi) is 5.38. The Hall–Kier alpha value is -3.44. The minimum Gasteiger partial charge on any atom is -0.395 e. The smallest absolute Gasteiger partial charge is 0.291 e. The zero-order valence-corrected chi connectivity index (χ0v) is 16.7. The molecule has 30 heavy (non-hydrogen) atoms. The molecular formula is C19H25N9O2. The molecule has 1 fully saturated rings. The molecule has 0 atom stereocenters. The Morgan fingerprint density at radius 1 is 1.30 bits per heavy atom. The van der Waals surface area contributed by atoms with Gasteiger partial charge in [-0.1, -0.05) is 12.8 Å². The zero-order valence-electron chi connectivity index (χ0n) is 16.7. The second kappa shape index (κ2) is 8.13.